The number of thioether (sulfide) groups is 1. The predicted molar refractivity (Wildman–Crippen MR) is 86.7 cm³/mol. The topological polar surface area (TPSA) is 40.5 Å². The van der Waals surface area contributed by atoms with Gasteiger partial charge in [-0.15, -0.1) is 11.3 Å². The van der Waals surface area contributed by atoms with Gasteiger partial charge in [0.1, 0.15) is 0 Å². The van der Waals surface area contributed by atoms with Crippen LogP contribution in [0.4, 0.5) is 0 Å². The van der Waals surface area contributed by atoms with E-state index in [1.807, 2.05) is 30.9 Å². The van der Waals surface area contributed by atoms with Gasteiger partial charge in [-0.3, -0.25) is 4.79 Å². The standard InChI is InChI=1S/C13H20BrNO2S2/c1-3-15(6-11-4-5-12(14)19-11)13(17)9-18-8-10(2)7-16/h4-5,10,16H,3,6-9H2,1-2H3. The van der Waals surface area contributed by atoms with Gasteiger partial charge in [0, 0.05) is 18.0 Å². The average Bonchev–Trinajstić information content (AvgIpc) is 2.81. The molecule has 1 N–H and O–H groups in total. The number of amides is 1. The van der Waals surface area contributed by atoms with Gasteiger partial charge in [0.2, 0.25) is 5.91 Å². The number of thiophene rings is 1. The third-order valence-electron chi connectivity index (χ3n) is 2.65. The molecule has 1 heterocycles. The van der Waals surface area contributed by atoms with Crippen LogP contribution in [0.25, 0.3) is 0 Å². The maximum absolute atomic E-state index is 12.1. The molecule has 0 saturated heterocycles. The van der Waals surface area contributed by atoms with Crippen LogP contribution in [-0.2, 0) is 11.3 Å². The molecule has 0 aliphatic carbocycles. The summed E-state index contributed by atoms with van der Waals surface area (Å²) in [5, 5.41) is 8.94. The summed E-state index contributed by atoms with van der Waals surface area (Å²) in [4.78, 5) is 15.2. The van der Waals surface area contributed by atoms with E-state index in [-0.39, 0.29) is 18.4 Å². The molecule has 0 saturated carbocycles. The minimum atomic E-state index is 0.169. The second-order valence-electron chi connectivity index (χ2n) is 4.42. The number of aliphatic hydroxyl groups excluding tert-OH is 1. The molecule has 1 aromatic heterocycles. The highest BCUT2D eigenvalue weighted by Gasteiger charge is 2.13. The SMILES string of the molecule is CCN(Cc1ccc(Br)s1)C(=O)CSCC(C)CO. The first-order chi connectivity index (χ1) is 9.06. The minimum Gasteiger partial charge on any atom is -0.396 e. The van der Waals surface area contributed by atoms with Gasteiger partial charge in [0.15, 0.2) is 0 Å². The summed E-state index contributed by atoms with van der Waals surface area (Å²) in [6.07, 6.45) is 0. The highest BCUT2D eigenvalue weighted by molar-refractivity contribution is 9.11. The highest BCUT2D eigenvalue weighted by atomic mass is 79.9. The Hall–Kier alpha value is -0.0400. The molecule has 6 heteroatoms. The fourth-order valence-electron chi connectivity index (χ4n) is 1.49. The molecule has 1 atom stereocenters. The molecule has 0 aliphatic rings. The third kappa shape index (κ3) is 6.29. The second-order valence-corrected chi connectivity index (χ2v) is 7.99. The summed E-state index contributed by atoms with van der Waals surface area (Å²) in [5.74, 6) is 1.73. The first kappa shape index (κ1) is 17.0. The van der Waals surface area contributed by atoms with Crippen LogP contribution in [0.3, 0.4) is 0 Å². The molecule has 1 rings (SSSR count). The normalized spacial score (nSPS) is 12.4. The van der Waals surface area contributed by atoms with Crippen molar-refractivity contribution in [3.63, 3.8) is 0 Å². The van der Waals surface area contributed by atoms with Crippen LogP contribution >= 0.6 is 39.0 Å². The fourth-order valence-corrected chi connectivity index (χ4v) is 3.97. The number of carbonyl (C=O) groups is 1. The lowest BCUT2D eigenvalue weighted by Gasteiger charge is -2.20. The second kappa shape index (κ2) is 9.00. The third-order valence-corrected chi connectivity index (χ3v) is 5.51. The summed E-state index contributed by atoms with van der Waals surface area (Å²) in [6, 6.07) is 4.06. The quantitative estimate of drug-likeness (QED) is 0.768. The summed E-state index contributed by atoms with van der Waals surface area (Å²) in [7, 11) is 0. The molecule has 0 spiro atoms. The van der Waals surface area contributed by atoms with Crippen LogP contribution in [-0.4, -0.2) is 40.6 Å². The molecule has 0 aromatic carbocycles. The van der Waals surface area contributed by atoms with Crippen molar-refractivity contribution in [2.24, 2.45) is 5.92 Å². The Labute approximate surface area is 131 Å². The van der Waals surface area contributed by atoms with Crippen LogP contribution in [0.5, 0.6) is 0 Å². The smallest absolute Gasteiger partial charge is 0.232 e. The van der Waals surface area contributed by atoms with Gasteiger partial charge in [-0.2, -0.15) is 11.8 Å². The average molecular weight is 366 g/mol. The molecule has 0 bridgehead atoms. The van der Waals surface area contributed by atoms with Crippen molar-refractivity contribution in [1.29, 1.82) is 0 Å². The lowest BCUT2D eigenvalue weighted by atomic mass is 10.2. The lowest BCUT2D eigenvalue weighted by Crippen LogP contribution is -2.31. The van der Waals surface area contributed by atoms with Gasteiger partial charge < -0.3 is 10.0 Å². The van der Waals surface area contributed by atoms with E-state index in [4.69, 9.17) is 5.11 Å². The molecule has 108 valence electrons. The van der Waals surface area contributed by atoms with Crippen LogP contribution in [0, 0.1) is 5.92 Å². The van der Waals surface area contributed by atoms with E-state index in [1.54, 1.807) is 23.1 Å². The Balaban J connectivity index is 2.39. The van der Waals surface area contributed by atoms with Gasteiger partial charge >= 0.3 is 0 Å². The van der Waals surface area contributed by atoms with Gasteiger partial charge in [-0.05, 0) is 46.7 Å². The van der Waals surface area contributed by atoms with E-state index in [2.05, 4.69) is 15.9 Å². The zero-order valence-electron chi connectivity index (χ0n) is 11.3. The van der Waals surface area contributed by atoms with E-state index >= 15 is 0 Å². The summed E-state index contributed by atoms with van der Waals surface area (Å²) in [5.41, 5.74) is 0. The molecule has 1 aromatic rings. The first-order valence-electron chi connectivity index (χ1n) is 6.27. The van der Waals surface area contributed by atoms with Crippen molar-refractivity contribution in [1.82, 2.24) is 4.90 Å². The molecular formula is C13H20BrNO2S2. The zero-order valence-corrected chi connectivity index (χ0v) is 14.5. The van der Waals surface area contributed by atoms with E-state index in [0.717, 1.165) is 16.1 Å². The number of aliphatic hydroxyl groups is 1. The highest BCUT2D eigenvalue weighted by Crippen LogP contribution is 2.23. The molecule has 1 unspecified atom stereocenters. The fraction of sp³-hybridized carbons (Fsp3) is 0.615. The Bertz CT molecular complexity index is 398. The van der Waals surface area contributed by atoms with Crippen molar-refractivity contribution in [3.8, 4) is 0 Å². The Kier molecular flexibility index (Phi) is 8.06. The van der Waals surface area contributed by atoms with Crippen molar-refractivity contribution in [2.75, 3.05) is 24.7 Å². The number of rotatable bonds is 8. The molecular weight excluding hydrogens is 346 g/mol. The van der Waals surface area contributed by atoms with Crippen LogP contribution < -0.4 is 0 Å². The molecule has 0 aliphatic heterocycles. The zero-order chi connectivity index (χ0) is 14.3. The number of nitrogens with zero attached hydrogens (tertiary/aromatic N) is 1. The number of hydrogen-bond acceptors (Lipinski definition) is 4. The van der Waals surface area contributed by atoms with Crippen molar-refractivity contribution >= 4 is 44.9 Å². The van der Waals surface area contributed by atoms with Crippen LogP contribution in [0.15, 0.2) is 15.9 Å². The van der Waals surface area contributed by atoms with Crippen LogP contribution in [0.2, 0.25) is 0 Å². The van der Waals surface area contributed by atoms with Crippen molar-refractivity contribution in [3.05, 3.63) is 20.8 Å². The summed E-state index contributed by atoms with van der Waals surface area (Å²) < 4.78 is 1.09. The van der Waals surface area contributed by atoms with Gasteiger partial charge in [0.05, 0.1) is 16.1 Å². The van der Waals surface area contributed by atoms with E-state index in [1.165, 1.54) is 4.88 Å². The first-order valence-corrected chi connectivity index (χ1v) is 9.03. The number of carbonyl (C=O) groups excluding carboxylic acids is 1. The molecule has 0 radical (unpaired) electrons. The maximum atomic E-state index is 12.1. The minimum absolute atomic E-state index is 0.169. The Morgan fingerprint density at radius 2 is 2.32 bits per heavy atom. The summed E-state index contributed by atoms with van der Waals surface area (Å²) >= 11 is 6.69. The van der Waals surface area contributed by atoms with Gasteiger partial charge in [-0.25, -0.2) is 0 Å². The molecule has 1 amide bonds. The van der Waals surface area contributed by atoms with Gasteiger partial charge in [0.25, 0.3) is 0 Å². The van der Waals surface area contributed by atoms with Gasteiger partial charge in [-0.1, -0.05) is 6.92 Å². The van der Waals surface area contributed by atoms with E-state index in [0.29, 0.717) is 12.3 Å². The lowest BCUT2D eigenvalue weighted by molar-refractivity contribution is -0.128. The monoisotopic (exact) mass is 365 g/mol. The molecule has 3 nitrogen and oxygen atoms in total. The molecule has 0 fully saturated rings. The van der Waals surface area contributed by atoms with Crippen LogP contribution in [0.1, 0.15) is 18.7 Å². The molecule has 19 heavy (non-hydrogen) atoms. The van der Waals surface area contributed by atoms with Crippen molar-refractivity contribution < 1.29 is 9.90 Å². The van der Waals surface area contributed by atoms with Crippen molar-refractivity contribution in [2.45, 2.75) is 20.4 Å². The van der Waals surface area contributed by atoms with E-state index in [9.17, 15) is 4.79 Å². The Morgan fingerprint density at radius 3 is 2.84 bits per heavy atom. The predicted octanol–water partition coefficient (Wildman–Crippen LogP) is 3.22. The number of hydrogen-bond donors (Lipinski definition) is 1. The largest absolute Gasteiger partial charge is 0.396 e. The summed E-state index contributed by atoms with van der Waals surface area (Å²) in [6.45, 7) is 5.58. The number of halogens is 1. The Morgan fingerprint density at radius 1 is 1.58 bits per heavy atom. The van der Waals surface area contributed by atoms with E-state index < -0.39 is 0 Å². The maximum Gasteiger partial charge on any atom is 0.232 e.